The maximum atomic E-state index is 10.5. The van der Waals surface area contributed by atoms with Crippen molar-refractivity contribution in [2.45, 2.75) is 20.1 Å². The Morgan fingerprint density at radius 1 is 1.40 bits per heavy atom. The second-order valence-corrected chi connectivity index (χ2v) is 2.95. The van der Waals surface area contributed by atoms with Crippen molar-refractivity contribution < 1.29 is 19.4 Å². The first-order valence-corrected chi connectivity index (χ1v) is 4.73. The third-order valence-electron chi connectivity index (χ3n) is 1.79. The van der Waals surface area contributed by atoms with Crippen molar-refractivity contribution in [1.29, 1.82) is 0 Å². The third-order valence-corrected chi connectivity index (χ3v) is 1.79. The van der Waals surface area contributed by atoms with Gasteiger partial charge in [0.1, 0.15) is 5.75 Å². The van der Waals surface area contributed by atoms with Gasteiger partial charge in [0.25, 0.3) is 0 Å². The van der Waals surface area contributed by atoms with Gasteiger partial charge in [-0.15, -0.1) is 0 Å². The van der Waals surface area contributed by atoms with Crippen LogP contribution in [-0.2, 0) is 4.74 Å². The summed E-state index contributed by atoms with van der Waals surface area (Å²) in [6, 6.07) is 6.01. The minimum Gasteiger partial charge on any atom is -0.545 e. The summed E-state index contributed by atoms with van der Waals surface area (Å²) < 4.78 is 10.5. The van der Waals surface area contributed by atoms with Crippen LogP contribution < -0.4 is 9.84 Å². The molecule has 0 saturated carbocycles. The predicted molar refractivity (Wildman–Crippen MR) is 52.5 cm³/mol. The molecule has 0 radical (unpaired) electrons. The van der Waals surface area contributed by atoms with E-state index in [1.807, 2.05) is 6.92 Å². The Morgan fingerprint density at radius 3 is 2.47 bits per heavy atom. The molecule has 15 heavy (non-hydrogen) atoms. The molecule has 1 unspecified atom stereocenters. The normalized spacial score (nSPS) is 12.1. The van der Waals surface area contributed by atoms with Crippen LogP contribution in [0.4, 0.5) is 0 Å². The number of aromatic carboxylic acids is 1. The quantitative estimate of drug-likeness (QED) is 0.673. The van der Waals surface area contributed by atoms with E-state index in [9.17, 15) is 9.90 Å². The number of rotatable bonds is 5. The molecule has 0 aliphatic heterocycles. The molecule has 0 N–H and O–H groups in total. The van der Waals surface area contributed by atoms with Crippen LogP contribution in [0.1, 0.15) is 24.2 Å². The van der Waals surface area contributed by atoms with Gasteiger partial charge in [-0.2, -0.15) is 0 Å². The number of ether oxygens (including phenoxy) is 2. The van der Waals surface area contributed by atoms with E-state index in [-0.39, 0.29) is 11.9 Å². The van der Waals surface area contributed by atoms with Gasteiger partial charge < -0.3 is 19.4 Å². The SMILES string of the molecule is CCOC(C)Oc1ccc(C(=O)[O-])cc1. The number of carbonyl (C=O) groups excluding carboxylic acids is 1. The first-order chi connectivity index (χ1) is 7.13. The van der Waals surface area contributed by atoms with Gasteiger partial charge in [-0.1, -0.05) is 0 Å². The lowest BCUT2D eigenvalue weighted by Crippen LogP contribution is -2.22. The van der Waals surface area contributed by atoms with Gasteiger partial charge in [0.2, 0.25) is 0 Å². The van der Waals surface area contributed by atoms with Crippen molar-refractivity contribution in [1.82, 2.24) is 0 Å². The van der Waals surface area contributed by atoms with Crippen LogP contribution in [0.15, 0.2) is 24.3 Å². The average Bonchev–Trinajstić information content (AvgIpc) is 2.18. The topological polar surface area (TPSA) is 58.6 Å². The Morgan fingerprint density at radius 2 is 2.00 bits per heavy atom. The zero-order valence-corrected chi connectivity index (χ0v) is 8.73. The second kappa shape index (κ2) is 5.36. The molecule has 4 heteroatoms. The molecule has 0 aliphatic rings. The van der Waals surface area contributed by atoms with E-state index in [2.05, 4.69) is 0 Å². The zero-order valence-electron chi connectivity index (χ0n) is 8.73. The molecule has 1 aromatic rings. The molecule has 0 heterocycles. The van der Waals surface area contributed by atoms with Crippen molar-refractivity contribution in [2.75, 3.05) is 6.61 Å². The van der Waals surface area contributed by atoms with E-state index < -0.39 is 5.97 Å². The van der Waals surface area contributed by atoms with Crippen LogP contribution in [0.3, 0.4) is 0 Å². The summed E-state index contributed by atoms with van der Waals surface area (Å²) in [5.74, 6) is -0.625. The Bertz CT molecular complexity index is 318. The molecule has 1 aromatic carbocycles. The molecule has 0 spiro atoms. The van der Waals surface area contributed by atoms with Gasteiger partial charge >= 0.3 is 0 Å². The molecule has 0 bridgehead atoms. The third kappa shape index (κ3) is 3.59. The van der Waals surface area contributed by atoms with Gasteiger partial charge in [0.05, 0.1) is 5.97 Å². The van der Waals surface area contributed by atoms with Gasteiger partial charge in [-0.05, 0) is 43.7 Å². The van der Waals surface area contributed by atoms with Gasteiger partial charge in [-0.25, -0.2) is 0 Å². The summed E-state index contributed by atoms with van der Waals surface area (Å²) in [5.41, 5.74) is 0.131. The van der Waals surface area contributed by atoms with Crippen molar-refractivity contribution in [3.63, 3.8) is 0 Å². The van der Waals surface area contributed by atoms with Crippen molar-refractivity contribution >= 4 is 5.97 Å². The molecule has 0 saturated heterocycles. The molecule has 0 aliphatic carbocycles. The molecular weight excluding hydrogens is 196 g/mol. The second-order valence-electron chi connectivity index (χ2n) is 2.95. The van der Waals surface area contributed by atoms with Crippen LogP contribution in [0.25, 0.3) is 0 Å². The minimum atomic E-state index is -1.19. The van der Waals surface area contributed by atoms with E-state index in [1.54, 1.807) is 19.1 Å². The molecular formula is C11H13O4-. The number of hydrogen-bond acceptors (Lipinski definition) is 4. The van der Waals surface area contributed by atoms with Crippen LogP contribution in [-0.4, -0.2) is 18.9 Å². The van der Waals surface area contributed by atoms with Crippen LogP contribution in [0.2, 0.25) is 0 Å². The highest BCUT2D eigenvalue weighted by atomic mass is 16.7. The first kappa shape index (κ1) is 11.5. The van der Waals surface area contributed by atoms with Crippen molar-refractivity contribution in [2.24, 2.45) is 0 Å². The van der Waals surface area contributed by atoms with Crippen molar-refractivity contribution in [3.05, 3.63) is 29.8 Å². The Kier molecular flexibility index (Phi) is 4.12. The minimum absolute atomic E-state index is 0.131. The molecule has 4 nitrogen and oxygen atoms in total. The highest BCUT2D eigenvalue weighted by Gasteiger charge is 2.02. The first-order valence-electron chi connectivity index (χ1n) is 4.73. The van der Waals surface area contributed by atoms with E-state index in [0.29, 0.717) is 12.4 Å². The summed E-state index contributed by atoms with van der Waals surface area (Å²) in [6.45, 7) is 4.22. The van der Waals surface area contributed by atoms with E-state index >= 15 is 0 Å². The number of carbonyl (C=O) groups is 1. The van der Waals surface area contributed by atoms with E-state index in [0.717, 1.165) is 0 Å². The molecule has 1 atom stereocenters. The molecule has 82 valence electrons. The van der Waals surface area contributed by atoms with Gasteiger partial charge in [0, 0.05) is 6.61 Å². The summed E-state index contributed by atoms with van der Waals surface area (Å²) in [6.07, 6.45) is -0.344. The van der Waals surface area contributed by atoms with Crippen LogP contribution in [0.5, 0.6) is 5.75 Å². The molecule has 0 aromatic heterocycles. The van der Waals surface area contributed by atoms with E-state index in [1.165, 1.54) is 12.1 Å². The van der Waals surface area contributed by atoms with E-state index in [4.69, 9.17) is 9.47 Å². The standard InChI is InChI=1S/C11H14O4/c1-3-14-8(2)15-10-6-4-9(5-7-10)11(12)13/h4-8H,3H2,1-2H3,(H,12,13)/p-1. The molecule has 1 rings (SSSR count). The summed E-state index contributed by atoms with van der Waals surface area (Å²) >= 11 is 0. The lowest BCUT2D eigenvalue weighted by Gasteiger charge is -2.14. The lowest BCUT2D eigenvalue weighted by molar-refractivity contribution is -0.255. The molecule has 0 fully saturated rings. The number of hydrogen-bond donors (Lipinski definition) is 0. The van der Waals surface area contributed by atoms with Crippen molar-refractivity contribution in [3.8, 4) is 5.75 Å². The fourth-order valence-corrected chi connectivity index (χ4v) is 1.13. The number of benzene rings is 1. The van der Waals surface area contributed by atoms with Crippen LogP contribution >= 0.6 is 0 Å². The Balaban J connectivity index is 2.60. The largest absolute Gasteiger partial charge is 0.545 e. The highest BCUT2D eigenvalue weighted by Crippen LogP contribution is 2.13. The summed E-state index contributed by atoms with van der Waals surface area (Å²) in [4.78, 5) is 10.5. The fourth-order valence-electron chi connectivity index (χ4n) is 1.13. The summed E-state index contributed by atoms with van der Waals surface area (Å²) in [5, 5.41) is 10.5. The average molecular weight is 209 g/mol. The summed E-state index contributed by atoms with van der Waals surface area (Å²) in [7, 11) is 0. The monoisotopic (exact) mass is 209 g/mol. The number of carboxylic acid groups (broad SMARTS) is 1. The lowest BCUT2D eigenvalue weighted by atomic mass is 10.2. The maximum absolute atomic E-state index is 10.5. The van der Waals surface area contributed by atoms with Gasteiger partial charge in [-0.3, -0.25) is 0 Å². The molecule has 0 amide bonds. The van der Waals surface area contributed by atoms with Crippen LogP contribution in [0, 0.1) is 0 Å². The number of carboxylic acids is 1. The smallest absolute Gasteiger partial charge is 0.196 e. The Hall–Kier alpha value is -1.55. The zero-order chi connectivity index (χ0) is 11.3. The van der Waals surface area contributed by atoms with Gasteiger partial charge in [0.15, 0.2) is 6.29 Å². The predicted octanol–water partition coefficient (Wildman–Crippen LogP) is 0.811. The highest BCUT2D eigenvalue weighted by molar-refractivity contribution is 5.85. The maximum Gasteiger partial charge on any atom is 0.196 e. The Labute approximate surface area is 88.4 Å². The fraction of sp³-hybridized carbons (Fsp3) is 0.364.